The van der Waals surface area contributed by atoms with Gasteiger partial charge in [-0.1, -0.05) is 23.7 Å². The number of rotatable bonds is 6. The highest BCUT2D eigenvalue weighted by molar-refractivity contribution is 6.32. The first-order valence-electron chi connectivity index (χ1n) is 10.1. The van der Waals surface area contributed by atoms with Gasteiger partial charge in [0.1, 0.15) is 0 Å². The number of methoxy groups -OCH3 is 1. The minimum atomic E-state index is -0.0570. The number of carbonyl (C=O) groups is 1. The summed E-state index contributed by atoms with van der Waals surface area (Å²) in [5.41, 5.74) is 2.33. The van der Waals surface area contributed by atoms with Crippen LogP contribution in [0.5, 0.6) is 11.5 Å². The highest BCUT2D eigenvalue weighted by atomic mass is 35.5. The monoisotopic (exact) mass is 427 g/mol. The van der Waals surface area contributed by atoms with Gasteiger partial charge in [0, 0.05) is 38.3 Å². The van der Waals surface area contributed by atoms with Crippen LogP contribution in [0.15, 0.2) is 36.4 Å². The summed E-state index contributed by atoms with van der Waals surface area (Å²) in [5.74, 6) is 0.867. The molecule has 0 radical (unpaired) electrons. The smallest absolute Gasteiger partial charge is 0.254 e. The van der Waals surface area contributed by atoms with Crippen LogP contribution in [0.25, 0.3) is 0 Å². The third-order valence-corrected chi connectivity index (χ3v) is 5.41. The second-order valence-corrected chi connectivity index (χ2v) is 7.56. The van der Waals surface area contributed by atoms with E-state index in [0.717, 1.165) is 31.6 Å². The van der Waals surface area contributed by atoms with Gasteiger partial charge in [-0.2, -0.15) is 5.26 Å². The quantitative estimate of drug-likeness (QED) is 0.697. The van der Waals surface area contributed by atoms with Crippen molar-refractivity contribution >= 4 is 17.5 Å². The lowest BCUT2D eigenvalue weighted by atomic mass is 10.1. The predicted molar refractivity (Wildman–Crippen MR) is 116 cm³/mol. The molecule has 0 aromatic heterocycles. The Morgan fingerprint density at radius 2 is 1.93 bits per heavy atom. The van der Waals surface area contributed by atoms with Gasteiger partial charge in [0.25, 0.3) is 5.91 Å². The molecule has 1 aliphatic heterocycles. The summed E-state index contributed by atoms with van der Waals surface area (Å²) < 4.78 is 10.9. The maximum Gasteiger partial charge on any atom is 0.254 e. The molecular weight excluding hydrogens is 402 g/mol. The van der Waals surface area contributed by atoms with E-state index in [4.69, 9.17) is 26.3 Å². The van der Waals surface area contributed by atoms with Crippen molar-refractivity contribution in [3.05, 3.63) is 58.1 Å². The molecule has 1 amide bonds. The van der Waals surface area contributed by atoms with Crippen LogP contribution in [0.1, 0.15) is 34.8 Å². The Morgan fingerprint density at radius 3 is 2.60 bits per heavy atom. The van der Waals surface area contributed by atoms with E-state index in [9.17, 15) is 4.79 Å². The zero-order valence-corrected chi connectivity index (χ0v) is 18.1. The fourth-order valence-corrected chi connectivity index (χ4v) is 3.85. The van der Waals surface area contributed by atoms with Crippen molar-refractivity contribution in [2.24, 2.45) is 0 Å². The van der Waals surface area contributed by atoms with Crippen LogP contribution in [-0.4, -0.2) is 55.6 Å². The van der Waals surface area contributed by atoms with Crippen LogP contribution in [0.2, 0.25) is 5.02 Å². The Hall–Kier alpha value is -2.75. The molecule has 1 fully saturated rings. The molecule has 0 aliphatic carbocycles. The molecule has 6 nitrogen and oxygen atoms in total. The lowest BCUT2D eigenvalue weighted by Crippen LogP contribution is -2.35. The summed E-state index contributed by atoms with van der Waals surface area (Å²) in [6.07, 6.45) is 0.893. The van der Waals surface area contributed by atoms with E-state index in [1.807, 2.05) is 36.1 Å². The molecule has 1 aliphatic rings. The number of hydrogen-bond acceptors (Lipinski definition) is 5. The van der Waals surface area contributed by atoms with Gasteiger partial charge in [0.15, 0.2) is 11.5 Å². The van der Waals surface area contributed by atoms with Gasteiger partial charge in [0.2, 0.25) is 0 Å². The van der Waals surface area contributed by atoms with E-state index in [1.54, 1.807) is 12.1 Å². The van der Waals surface area contributed by atoms with Crippen LogP contribution < -0.4 is 9.47 Å². The van der Waals surface area contributed by atoms with Crippen molar-refractivity contribution < 1.29 is 14.3 Å². The Bertz CT molecular complexity index is 925. The Kier molecular flexibility index (Phi) is 7.56. The zero-order chi connectivity index (χ0) is 21.5. The maximum absolute atomic E-state index is 13.1. The summed E-state index contributed by atoms with van der Waals surface area (Å²) in [6.45, 7) is 6.17. The van der Waals surface area contributed by atoms with E-state index in [-0.39, 0.29) is 5.91 Å². The van der Waals surface area contributed by atoms with Crippen LogP contribution in [-0.2, 0) is 6.54 Å². The Morgan fingerprint density at radius 1 is 1.17 bits per heavy atom. The minimum absolute atomic E-state index is 0.0570. The molecule has 2 aromatic carbocycles. The van der Waals surface area contributed by atoms with Crippen molar-refractivity contribution in [3.8, 4) is 17.6 Å². The molecule has 0 atom stereocenters. The van der Waals surface area contributed by atoms with Crippen molar-refractivity contribution in [3.63, 3.8) is 0 Å². The SMILES string of the molecule is CCOc1c(Cl)cc(C(=O)N2CCCN(Cc3ccc(C#N)cc3)CC2)cc1OC. The average molecular weight is 428 g/mol. The molecule has 7 heteroatoms. The molecule has 1 saturated heterocycles. The molecule has 30 heavy (non-hydrogen) atoms. The first kappa shape index (κ1) is 21.9. The number of nitrogens with zero attached hydrogens (tertiary/aromatic N) is 3. The third-order valence-electron chi connectivity index (χ3n) is 5.13. The van der Waals surface area contributed by atoms with Crippen molar-refractivity contribution in [1.29, 1.82) is 5.26 Å². The van der Waals surface area contributed by atoms with Gasteiger partial charge in [-0.05, 0) is 43.2 Å². The highest BCUT2D eigenvalue weighted by Gasteiger charge is 2.23. The number of halogens is 1. The molecule has 3 rings (SSSR count). The Labute approximate surface area is 182 Å². The lowest BCUT2D eigenvalue weighted by molar-refractivity contribution is 0.0760. The second-order valence-electron chi connectivity index (χ2n) is 7.15. The molecule has 0 unspecified atom stereocenters. The van der Waals surface area contributed by atoms with Crippen LogP contribution in [0.4, 0.5) is 0 Å². The largest absolute Gasteiger partial charge is 0.493 e. The minimum Gasteiger partial charge on any atom is -0.493 e. The first-order valence-corrected chi connectivity index (χ1v) is 10.4. The van der Waals surface area contributed by atoms with E-state index in [1.165, 1.54) is 7.11 Å². The fraction of sp³-hybridized carbons (Fsp3) is 0.391. The fourth-order valence-electron chi connectivity index (χ4n) is 3.59. The number of amides is 1. The summed E-state index contributed by atoms with van der Waals surface area (Å²) >= 11 is 6.34. The van der Waals surface area contributed by atoms with Crippen molar-refractivity contribution in [2.45, 2.75) is 19.9 Å². The summed E-state index contributed by atoms with van der Waals surface area (Å²) in [6, 6.07) is 13.1. The number of hydrogen-bond donors (Lipinski definition) is 0. The van der Waals surface area contributed by atoms with E-state index < -0.39 is 0 Å². The molecule has 0 N–H and O–H groups in total. The van der Waals surface area contributed by atoms with Crippen LogP contribution in [0, 0.1) is 11.3 Å². The Balaban J connectivity index is 1.66. The zero-order valence-electron chi connectivity index (χ0n) is 17.4. The van der Waals surface area contributed by atoms with Gasteiger partial charge in [-0.25, -0.2) is 0 Å². The topological polar surface area (TPSA) is 65.8 Å². The molecule has 2 aromatic rings. The third kappa shape index (κ3) is 5.24. The number of carbonyl (C=O) groups excluding carboxylic acids is 1. The maximum atomic E-state index is 13.1. The first-order chi connectivity index (χ1) is 14.5. The van der Waals surface area contributed by atoms with Crippen LogP contribution in [0.3, 0.4) is 0 Å². The predicted octanol–water partition coefficient (Wildman–Crippen LogP) is 3.97. The van der Waals surface area contributed by atoms with Crippen molar-refractivity contribution in [1.82, 2.24) is 9.80 Å². The van der Waals surface area contributed by atoms with Gasteiger partial charge in [0.05, 0.1) is 30.4 Å². The van der Waals surface area contributed by atoms with Crippen molar-refractivity contribution in [2.75, 3.05) is 39.9 Å². The molecule has 0 spiro atoms. The number of nitriles is 1. The highest BCUT2D eigenvalue weighted by Crippen LogP contribution is 2.36. The normalized spacial score (nSPS) is 14.7. The summed E-state index contributed by atoms with van der Waals surface area (Å²) in [5, 5.41) is 9.31. The molecule has 1 heterocycles. The van der Waals surface area contributed by atoms with Gasteiger partial charge in [-0.3, -0.25) is 9.69 Å². The number of benzene rings is 2. The molecule has 158 valence electrons. The summed E-state index contributed by atoms with van der Waals surface area (Å²) in [7, 11) is 1.54. The number of ether oxygens (including phenoxy) is 2. The van der Waals surface area contributed by atoms with Gasteiger partial charge < -0.3 is 14.4 Å². The average Bonchev–Trinajstić information content (AvgIpc) is 3.00. The van der Waals surface area contributed by atoms with E-state index in [2.05, 4.69) is 11.0 Å². The van der Waals surface area contributed by atoms with Gasteiger partial charge >= 0.3 is 0 Å². The van der Waals surface area contributed by atoms with E-state index in [0.29, 0.717) is 47.3 Å². The van der Waals surface area contributed by atoms with E-state index >= 15 is 0 Å². The lowest BCUT2D eigenvalue weighted by Gasteiger charge is -2.23. The standard InChI is InChI=1S/C23H26ClN3O3/c1-3-30-22-20(24)13-19(14-21(22)29-2)23(28)27-10-4-9-26(11-12-27)16-18-7-5-17(15-25)6-8-18/h5-8,13-14H,3-4,9-12,16H2,1-2H3. The molecule has 0 saturated carbocycles. The van der Waals surface area contributed by atoms with Gasteiger partial charge in [-0.15, -0.1) is 0 Å². The van der Waals surface area contributed by atoms with Crippen LogP contribution >= 0.6 is 11.6 Å². The summed E-state index contributed by atoms with van der Waals surface area (Å²) in [4.78, 5) is 17.3. The molecule has 0 bridgehead atoms. The second kappa shape index (κ2) is 10.3. The molecular formula is C23H26ClN3O3.